The van der Waals surface area contributed by atoms with Crippen molar-refractivity contribution in [3.8, 4) is 0 Å². The molecule has 2 aromatic rings. The number of rotatable bonds is 5. The van der Waals surface area contributed by atoms with Gasteiger partial charge in [-0.3, -0.25) is 4.79 Å². The maximum Gasteiger partial charge on any atom is 0.417 e. The van der Waals surface area contributed by atoms with Gasteiger partial charge in [0.2, 0.25) is 5.91 Å². The molecule has 0 saturated heterocycles. The Hall–Kier alpha value is -2.09. The molecule has 0 N–H and O–H groups in total. The summed E-state index contributed by atoms with van der Waals surface area (Å²) in [4.78, 5) is 17.2. The van der Waals surface area contributed by atoms with Gasteiger partial charge in [0, 0.05) is 19.8 Å². The van der Waals surface area contributed by atoms with E-state index in [9.17, 15) is 22.4 Å². The van der Waals surface area contributed by atoms with Gasteiger partial charge in [-0.05, 0) is 29.8 Å². The van der Waals surface area contributed by atoms with Crippen LogP contribution in [0, 0.1) is 5.82 Å². The van der Waals surface area contributed by atoms with Crippen LogP contribution in [-0.2, 0) is 17.5 Å². The predicted octanol–water partition coefficient (Wildman–Crippen LogP) is 3.99. The zero-order chi connectivity index (χ0) is 17.7. The summed E-state index contributed by atoms with van der Waals surface area (Å²) in [6.45, 7) is 0.320. The second kappa shape index (κ2) is 7.65. The fourth-order valence-electron chi connectivity index (χ4n) is 1.83. The Bertz CT molecular complexity index is 687. The van der Waals surface area contributed by atoms with E-state index in [-0.39, 0.29) is 17.5 Å². The molecule has 0 aliphatic rings. The van der Waals surface area contributed by atoms with Gasteiger partial charge < -0.3 is 4.90 Å². The lowest BCUT2D eigenvalue weighted by Crippen LogP contribution is -2.27. The fraction of sp³-hybridized carbons (Fsp3) is 0.250. The van der Waals surface area contributed by atoms with E-state index < -0.39 is 11.7 Å². The summed E-state index contributed by atoms with van der Waals surface area (Å²) in [5.41, 5.74) is -0.0449. The maximum atomic E-state index is 12.8. The molecule has 0 unspecified atom stereocenters. The van der Waals surface area contributed by atoms with E-state index in [2.05, 4.69) is 4.98 Å². The van der Waals surface area contributed by atoms with E-state index in [4.69, 9.17) is 0 Å². The smallest absolute Gasteiger partial charge is 0.341 e. The van der Waals surface area contributed by atoms with Gasteiger partial charge >= 0.3 is 6.18 Å². The van der Waals surface area contributed by atoms with Crippen LogP contribution in [-0.4, -0.2) is 28.6 Å². The lowest BCUT2D eigenvalue weighted by Gasteiger charge is -2.17. The summed E-state index contributed by atoms with van der Waals surface area (Å²) in [6.07, 6.45) is -3.68. The maximum absolute atomic E-state index is 12.8. The lowest BCUT2D eigenvalue weighted by molar-refractivity contribution is -0.138. The van der Waals surface area contributed by atoms with E-state index >= 15 is 0 Å². The van der Waals surface area contributed by atoms with Crippen LogP contribution >= 0.6 is 11.8 Å². The third kappa shape index (κ3) is 5.23. The molecular formula is C16H14F4N2OS. The Morgan fingerprint density at radius 3 is 2.38 bits per heavy atom. The van der Waals surface area contributed by atoms with Crippen LogP contribution < -0.4 is 0 Å². The second-order valence-electron chi connectivity index (χ2n) is 5.05. The molecule has 0 spiro atoms. The summed E-state index contributed by atoms with van der Waals surface area (Å²) < 4.78 is 50.2. The molecule has 3 nitrogen and oxygen atoms in total. The number of nitrogens with zero attached hydrogens (tertiary/aromatic N) is 2. The second-order valence-corrected chi connectivity index (χ2v) is 6.04. The third-order valence-electron chi connectivity index (χ3n) is 3.17. The van der Waals surface area contributed by atoms with Crippen LogP contribution in [0.2, 0.25) is 0 Å². The number of amides is 1. The molecule has 0 saturated carbocycles. The molecule has 0 aliphatic carbocycles. The molecule has 1 aromatic carbocycles. The summed E-state index contributed by atoms with van der Waals surface area (Å²) in [5, 5.41) is 0.339. The van der Waals surface area contributed by atoms with Crippen LogP contribution in [0.15, 0.2) is 47.6 Å². The lowest BCUT2D eigenvalue weighted by atomic mass is 10.2. The van der Waals surface area contributed by atoms with Crippen molar-refractivity contribution in [2.75, 3.05) is 12.8 Å². The molecule has 0 atom stereocenters. The highest BCUT2D eigenvalue weighted by Gasteiger charge is 2.30. The van der Waals surface area contributed by atoms with Crippen molar-refractivity contribution < 1.29 is 22.4 Å². The Balaban J connectivity index is 1.86. The van der Waals surface area contributed by atoms with Crippen molar-refractivity contribution in [3.05, 3.63) is 59.5 Å². The van der Waals surface area contributed by atoms with Crippen LogP contribution in [0.1, 0.15) is 11.1 Å². The van der Waals surface area contributed by atoms with E-state index in [0.29, 0.717) is 11.6 Å². The van der Waals surface area contributed by atoms with Crippen molar-refractivity contribution in [1.82, 2.24) is 9.88 Å². The first kappa shape index (κ1) is 18.3. The summed E-state index contributed by atoms with van der Waals surface area (Å²) >= 11 is 1.06. The van der Waals surface area contributed by atoms with Crippen LogP contribution in [0.5, 0.6) is 0 Å². The van der Waals surface area contributed by atoms with Gasteiger partial charge in [0.05, 0.1) is 16.3 Å². The fourth-order valence-corrected chi connectivity index (χ4v) is 2.61. The number of aromatic nitrogens is 1. The molecule has 0 radical (unpaired) electrons. The molecule has 0 bridgehead atoms. The molecule has 1 aromatic heterocycles. The van der Waals surface area contributed by atoms with Gasteiger partial charge in [-0.15, -0.1) is 0 Å². The topological polar surface area (TPSA) is 33.2 Å². The highest BCUT2D eigenvalue weighted by molar-refractivity contribution is 7.99. The van der Waals surface area contributed by atoms with Gasteiger partial charge in [-0.25, -0.2) is 9.37 Å². The average molecular weight is 358 g/mol. The van der Waals surface area contributed by atoms with Gasteiger partial charge in [0.25, 0.3) is 0 Å². The summed E-state index contributed by atoms with van der Waals surface area (Å²) in [6, 6.07) is 7.97. The van der Waals surface area contributed by atoms with Crippen LogP contribution in [0.25, 0.3) is 0 Å². The highest BCUT2D eigenvalue weighted by Crippen LogP contribution is 2.29. The number of carbonyl (C=O) groups is 1. The van der Waals surface area contributed by atoms with E-state index in [0.717, 1.165) is 29.6 Å². The van der Waals surface area contributed by atoms with Crippen molar-refractivity contribution in [1.29, 1.82) is 0 Å². The molecule has 0 fully saturated rings. The van der Waals surface area contributed by atoms with Gasteiger partial charge in [-0.1, -0.05) is 23.9 Å². The number of alkyl halides is 3. The molecule has 1 amide bonds. The summed E-state index contributed by atoms with van der Waals surface area (Å²) in [5.74, 6) is -0.501. The normalized spacial score (nSPS) is 11.4. The largest absolute Gasteiger partial charge is 0.417 e. The first-order chi connectivity index (χ1) is 11.3. The number of hydrogen-bond donors (Lipinski definition) is 0. The zero-order valence-electron chi connectivity index (χ0n) is 12.7. The zero-order valence-corrected chi connectivity index (χ0v) is 13.5. The Labute approximate surface area is 140 Å². The van der Waals surface area contributed by atoms with Crippen molar-refractivity contribution in [2.45, 2.75) is 17.7 Å². The van der Waals surface area contributed by atoms with E-state index in [1.807, 2.05) is 0 Å². The van der Waals surface area contributed by atoms with E-state index in [1.165, 1.54) is 23.1 Å². The molecule has 2 rings (SSSR count). The SMILES string of the molecule is CN(Cc1ccc(F)cc1)C(=O)CSc1ccc(C(F)(F)F)cn1. The first-order valence-corrected chi connectivity index (χ1v) is 7.89. The van der Waals surface area contributed by atoms with Crippen molar-refractivity contribution in [3.63, 3.8) is 0 Å². The Morgan fingerprint density at radius 2 is 1.83 bits per heavy atom. The highest BCUT2D eigenvalue weighted by atomic mass is 32.2. The molecule has 24 heavy (non-hydrogen) atoms. The van der Waals surface area contributed by atoms with Gasteiger partial charge in [-0.2, -0.15) is 13.2 Å². The standard InChI is InChI=1S/C16H14F4N2OS/c1-22(9-11-2-5-13(17)6-3-11)15(23)10-24-14-7-4-12(8-21-14)16(18,19)20/h2-8H,9-10H2,1H3. The van der Waals surface area contributed by atoms with Crippen LogP contribution in [0.4, 0.5) is 17.6 Å². The average Bonchev–Trinajstić information content (AvgIpc) is 2.54. The third-order valence-corrected chi connectivity index (χ3v) is 4.09. The van der Waals surface area contributed by atoms with Crippen molar-refractivity contribution >= 4 is 17.7 Å². The number of pyridine rings is 1. The molecule has 0 aliphatic heterocycles. The van der Waals surface area contributed by atoms with Gasteiger partial charge in [0.1, 0.15) is 5.82 Å². The number of thioether (sulfide) groups is 1. The molecule has 128 valence electrons. The summed E-state index contributed by atoms with van der Waals surface area (Å²) in [7, 11) is 1.60. The first-order valence-electron chi connectivity index (χ1n) is 6.90. The number of carbonyl (C=O) groups excluding carboxylic acids is 1. The molecule has 8 heteroatoms. The number of benzene rings is 1. The quantitative estimate of drug-likeness (QED) is 0.599. The van der Waals surface area contributed by atoms with Crippen LogP contribution in [0.3, 0.4) is 0 Å². The minimum Gasteiger partial charge on any atom is -0.341 e. The molecule has 1 heterocycles. The van der Waals surface area contributed by atoms with E-state index in [1.54, 1.807) is 19.2 Å². The van der Waals surface area contributed by atoms with Crippen molar-refractivity contribution in [2.24, 2.45) is 0 Å². The minimum atomic E-state index is -4.43. The number of hydrogen-bond acceptors (Lipinski definition) is 3. The Kier molecular flexibility index (Phi) is 5.82. The monoisotopic (exact) mass is 358 g/mol. The number of halogens is 4. The Morgan fingerprint density at radius 1 is 1.17 bits per heavy atom. The molecular weight excluding hydrogens is 344 g/mol. The minimum absolute atomic E-state index is 0.0516. The van der Waals surface area contributed by atoms with Gasteiger partial charge in [0.15, 0.2) is 0 Å². The predicted molar refractivity (Wildman–Crippen MR) is 82.8 cm³/mol.